The first-order valence-electron chi connectivity index (χ1n) is 12.0. The number of ether oxygens (including phenoxy) is 1. The number of likely N-dealkylation sites (tertiary alicyclic amines) is 2. The number of amides is 3. The number of alkyl halides is 2. The van der Waals surface area contributed by atoms with Gasteiger partial charge in [0, 0.05) is 49.0 Å². The Morgan fingerprint density at radius 1 is 1.26 bits per heavy atom. The monoisotopic (exact) mass is 511 g/mol. The van der Waals surface area contributed by atoms with Crippen LogP contribution in [0.4, 0.5) is 13.6 Å². The fourth-order valence-corrected chi connectivity index (χ4v) is 5.42. The van der Waals surface area contributed by atoms with Crippen LogP contribution in [-0.4, -0.2) is 76.7 Å². The third kappa shape index (κ3) is 8.66. The van der Waals surface area contributed by atoms with Gasteiger partial charge in [-0.3, -0.25) is 9.59 Å². The number of halogens is 2. The molecular weight excluding hydrogens is 476 g/mol. The Kier molecular flexibility index (Phi) is 9.01. The average Bonchev–Trinajstić information content (AvgIpc) is 3.23. The second-order valence-corrected chi connectivity index (χ2v) is 11.3. The van der Waals surface area contributed by atoms with Gasteiger partial charge in [-0.25, -0.2) is 13.6 Å². The number of rotatable bonds is 8. The van der Waals surface area contributed by atoms with E-state index in [1.165, 1.54) is 0 Å². The van der Waals surface area contributed by atoms with E-state index in [-0.39, 0.29) is 31.3 Å². The summed E-state index contributed by atoms with van der Waals surface area (Å²) in [6.45, 7) is 4.85. The Bertz CT molecular complexity index is 894. The van der Waals surface area contributed by atoms with Gasteiger partial charge in [-0.1, -0.05) is 18.2 Å². The number of nitrogens with one attached hydrogen (secondary N) is 1. The summed E-state index contributed by atoms with van der Waals surface area (Å²) < 4.78 is 33.2. The number of piperidine rings is 1. The molecule has 1 aromatic rings. The molecule has 0 unspecified atom stereocenters. The summed E-state index contributed by atoms with van der Waals surface area (Å²) in [7, 11) is 0. The van der Waals surface area contributed by atoms with Gasteiger partial charge in [0.25, 0.3) is 5.92 Å². The molecule has 2 aliphatic rings. The minimum absolute atomic E-state index is 0.0517. The summed E-state index contributed by atoms with van der Waals surface area (Å²) >= 11 is 1.68. The number of thioether (sulfide) groups is 1. The molecule has 2 atom stereocenters. The maximum absolute atomic E-state index is 14.0. The molecule has 10 heteroatoms. The van der Waals surface area contributed by atoms with Crippen molar-refractivity contribution >= 4 is 29.7 Å². The first kappa shape index (κ1) is 27.2. The number of hydrogen-bond acceptors (Lipinski definition) is 5. The quantitative estimate of drug-likeness (QED) is 0.526. The highest BCUT2D eigenvalue weighted by Crippen LogP contribution is 2.29. The lowest BCUT2D eigenvalue weighted by molar-refractivity contribution is -0.148. The van der Waals surface area contributed by atoms with Crippen LogP contribution in [-0.2, 0) is 14.3 Å². The van der Waals surface area contributed by atoms with Gasteiger partial charge in [-0.2, -0.15) is 0 Å². The van der Waals surface area contributed by atoms with Crippen LogP contribution >= 0.6 is 11.8 Å². The molecule has 2 fully saturated rings. The zero-order chi connectivity index (χ0) is 25.6. The van der Waals surface area contributed by atoms with E-state index in [2.05, 4.69) is 5.32 Å². The maximum atomic E-state index is 14.0. The number of alkyl carbamates (subject to hydrolysis) is 1. The fourth-order valence-electron chi connectivity index (χ4n) is 4.34. The number of hydrogen-bond donors (Lipinski definition) is 1. The molecule has 2 heterocycles. The Labute approximate surface area is 209 Å². The van der Waals surface area contributed by atoms with Crippen molar-refractivity contribution in [1.82, 2.24) is 15.1 Å². The predicted molar refractivity (Wildman–Crippen MR) is 130 cm³/mol. The predicted octanol–water partition coefficient (Wildman–Crippen LogP) is 4.31. The summed E-state index contributed by atoms with van der Waals surface area (Å²) in [5, 5.41) is 2.64. The first-order valence-corrected chi connectivity index (χ1v) is 13.0. The SMILES string of the molecule is CC(C)(C)OC(=O)N[C@@H](CC(=O)N1CCC[C@H]1CSc1ccccc1)CN1CC(F)(F)CCC1=O. The summed E-state index contributed by atoms with van der Waals surface area (Å²) in [6.07, 6.45) is 0.176. The van der Waals surface area contributed by atoms with E-state index >= 15 is 0 Å². The van der Waals surface area contributed by atoms with Gasteiger partial charge < -0.3 is 19.9 Å². The first-order chi connectivity index (χ1) is 16.4. The molecule has 3 amide bonds. The van der Waals surface area contributed by atoms with E-state index in [0.29, 0.717) is 6.54 Å². The van der Waals surface area contributed by atoms with Crippen molar-refractivity contribution in [2.45, 2.75) is 81.4 Å². The van der Waals surface area contributed by atoms with Crippen LogP contribution in [0.1, 0.15) is 52.9 Å². The average molecular weight is 512 g/mol. The molecule has 0 saturated carbocycles. The minimum Gasteiger partial charge on any atom is -0.444 e. The second-order valence-electron chi connectivity index (χ2n) is 10.2. The zero-order valence-corrected chi connectivity index (χ0v) is 21.4. The smallest absolute Gasteiger partial charge is 0.407 e. The van der Waals surface area contributed by atoms with E-state index in [4.69, 9.17) is 4.74 Å². The molecule has 1 N–H and O–H groups in total. The van der Waals surface area contributed by atoms with Crippen molar-refractivity contribution in [3.05, 3.63) is 30.3 Å². The van der Waals surface area contributed by atoms with Crippen LogP contribution in [0.2, 0.25) is 0 Å². The lowest BCUT2D eigenvalue weighted by Crippen LogP contribution is -2.54. The molecule has 0 aromatic heterocycles. The highest BCUT2D eigenvalue weighted by molar-refractivity contribution is 7.99. The van der Waals surface area contributed by atoms with Crippen molar-refractivity contribution in [3.63, 3.8) is 0 Å². The van der Waals surface area contributed by atoms with Gasteiger partial charge in [0.15, 0.2) is 0 Å². The number of benzene rings is 1. The molecule has 35 heavy (non-hydrogen) atoms. The zero-order valence-electron chi connectivity index (χ0n) is 20.6. The largest absolute Gasteiger partial charge is 0.444 e. The summed E-state index contributed by atoms with van der Waals surface area (Å²) in [5.74, 6) is -2.81. The van der Waals surface area contributed by atoms with Gasteiger partial charge in [0.05, 0.1) is 12.6 Å². The third-order valence-electron chi connectivity index (χ3n) is 5.95. The van der Waals surface area contributed by atoms with Crippen molar-refractivity contribution < 1.29 is 27.9 Å². The van der Waals surface area contributed by atoms with Crippen molar-refractivity contribution in [3.8, 4) is 0 Å². The molecule has 7 nitrogen and oxygen atoms in total. The second kappa shape index (κ2) is 11.6. The Morgan fingerprint density at radius 2 is 1.97 bits per heavy atom. The van der Waals surface area contributed by atoms with Crippen molar-refractivity contribution in [2.75, 3.05) is 25.4 Å². The summed E-state index contributed by atoms with van der Waals surface area (Å²) in [4.78, 5) is 42.0. The van der Waals surface area contributed by atoms with Gasteiger partial charge >= 0.3 is 6.09 Å². The van der Waals surface area contributed by atoms with Crippen molar-refractivity contribution in [2.24, 2.45) is 0 Å². The van der Waals surface area contributed by atoms with Gasteiger partial charge in [-0.05, 0) is 45.7 Å². The topological polar surface area (TPSA) is 79.0 Å². The Hall–Kier alpha value is -2.36. The highest BCUT2D eigenvalue weighted by Gasteiger charge is 2.40. The van der Waals surface area contributed by atoms with Gasteiger partial charge in [0.1, 0.15) is 5.60 Å². The van der Waals surface area contributed by atoms with E-state index < -0.39 is 42.5 Å². The van der Waals surface area contributed by atoms with Crippen LogP contribution in [0.3, 0.4) is 0 Å². The number of carbonyl (C=O) groups is 3. The minimum atomic E-state index is -2.98. The number of nitrogens with zero attached hydrogens (tertiary/aromatic N) is 2. The standard InChI is InChI=1S/C25H35F2N3O4S/c1-24(2,3)34-23(33)28-18(15-29-17-25(26,27)12-11-21(29)31)14-22(32)30-13-7-8-19(30)16-35-20-9-5-4-6-10-20/h4-6,9-10,18-19H,7-8,11-17H2,1-3H3,(H,28,33)/t18-,19-/m0/s1. The van der Waals surface area contributed by atoms with Crippen molar-refractivity contribution in [1.29, 1.82) is 0 Å². The molecule has 0 bridgehead atoms. The molecule has 2 saturated heterocycles. The van der Waals surface area contributed by atoms with Crippen LogP contribution in [0.15, 0.2) is 35.2 Å². The normalized spacial score (nSPS) is 21.1. The molecule has 0 spiro atoms. The van der Waals surface area contributed by atoms with E-state index in [1.54, 1.807) is 32.5 Å². The molecule has 2 aliphatic heterocycles. The van der Waals surface area contributed by atoms with E-state index in [0.717, 1.165) is 28.4 Å². The number of carbonyl (C=O) groups excluding carboxylic acids is 3. The Morgan fingerprint density at radius 3 is 2.66 bits per heavy atom. The molecule has 194 valence electrons. The lowest BCUT2D eigenvalue weighted by atomic mass is 10.0. The van der Waals surface area contributed by atoms with Crippen LogP contribution in [0, 0.1) is 0 Å². The third-order valence-corrected chi connectivity index (χ3v) is 7.10. The van der Waals surface area contributed by atoms with Crippen LogP contribution < -0.4 is 5.32 Å². The van der Waals surface area contributed by atoms with Gasteiger partial charge in [0.2, 0.25) is 11.8 Å². The molecule has 0 radical (unpaired) electrons. The maximum Gasteiger partial charge on any atom is 0.407 e. The molecule has 3 rings (SSSR count). The molecule has 0 aliphatic carbocycles. The summed E-state index contributed by atoms with van der Waals surface area (Å²) in [5.41, 5.74) is -0.763. The summed E-state index contributed by atoms with van der Waals surface area (Å²) in [6, 6.07) is 9.16. The van der Waals surface area contributed by atoms with E-state index in [9.17, 15) is 23.2 Å². The molecule has 1 aromatic carbocycles. The van der Waals surface area contributed by atoms with Gasteiger partial charge in [-0.15, -0.1) is 11.8 Å². The Balaban J connectivity index is 1.66. The highest BCUT2D eigenvalue weighted by atomic mass is 32.2. The fraction of sp³-hybridized carbons (Fsp3) is 0.640. The van der Waals surface area contributed by atoms with E-state index in [1.807, 2.05) is 35.2 Å². The lowest BCUT2D eigenvalue weighted by Gasteiger charge is -2.35. The molecular formula is C25H35F2N3O4S. The van der Waals surface area contributed by atoms with Crippen LogP contribution in [0.5, 0.6) is 0 Å². The van der Waals surface area contributed by atoms with Crippen LogP contribution in [0.25, 0.3) is 0 Å².